The van der Waals surface area contributed by atoms with Gasteiger partial charge in [0.15, 0.2) is 0 Å². The molecule has 5 heteroatoms. The van der Waals surface area contributed by atoms with E-state index in [0.29, 0.717) is 6.54 Å². The highest BCUT2D eigenvalue weighted by molar-refractivity contribution is 5.96. The normalized spacial score (nSPS) is 15.1. The number of hydrogen-bond donors (Lipinski definition) is 1. The SMILES string of the molecule is Cc1ccc2c(c1)CCCN2C(=O)CN[C@H](C)Cn1nc(C)cc1C. The maximum atomic E-state index is 12.7. The number of anilines is 1. The highest BCUT2D eigenvalue weighted by Gasteiger charge is 2.22. The van der Waals surface area contributed by atoms with Crippen molar-refractivity contribution in [3.8, 4) is 0 Å². The average molecular weight is 340 g/mol. The molecule has 3 rings (SSSR count). The third-order valence-electron chi connectivity index (χ3n) is 4.81. The summed E-state index contributed by atoms with van der Waals surface area (Å²) in [6, 6.07) is 8.63. The van der Waals surface area contributed by atoms with Gasteiger partial charge in [-0.15, -0.1) is 0 Å². The van der Waals surface area contributed by atoms with E-state index < -0.39 is 0 Å². The number of amides is 1. The summed E-state index contributed by atoms with van der Waals surface area (Å²) in [6.45, 7) is 10.2. The Balaban J connectivity index is 1.59. The van der Waals surface area contributed by atoms with Crippen molar-refractivity contribution in [3.63, 3.8) is 0 Å². The predicted octanol–water partition coefficient (Wildman–Crippen LogP) is 2.77. The number of nitrogens with zero attached hydrogens (tertiary/aromatic N) is 3. The lowest BCUT2D eigenvalue weighted by molar-refractivity contribution is -0.118. The number of aromatic nitrogens is 2. The lowest BCUT2D eigenvalue weighted by Crippen LogP contribution is -2.44. The van der Waals surface area contributed by atoms with Gasteiger partial charge in [-0.3, -0.25) is 9.48 Å². The fourth-order valence-corrected chi connectivity index (χ4v) is 3.53. The molecule has 1 aliphatic rings. The Labute approximate surface area is 150 Å². The van der Waals surface area contributed by atoms with Gasteiger partial charge in [-0.2, -0.15) is 5.10 Å². The second-order valence-corrected chi connectivity index (χ2v) is 7.17. The number of carbonyl (C=O) groups excluding carboxylic acids is 1. The van der Waals surface area contributed by atoms with Gasteiger partial charge in [0.25, 0.3) is 0 Å². The van der Waals surface area contributed by atoms with Crippen molar-refractivity contribution in [2.45, 2.75) is 53.1 Å². The Bertz CT molecular complexity index is 765. The number of aryl methyl sites for hydroxylation is 4. The van der Waals surface area contributed by atoms with Crippen molar-refractivity contribution in [2.24, 2.45) is 0 Å². The van der Waals surface area contributed by atoms with Crippen LogP contribution in [-0.2, 0) is 17.8 Å². The van der Waals surface area contributed by atoms with E-state index in [1.165, 1.54) is 11.1 Å². The summed E-state index contributed by atoms with van der Waals surface area (Å²) in [5.41, 5.74) is 5.80. The van der Waals surface area contributed by atoms with Crippen molar-refractivity contribution < 1.29 is 4.79 Å². The number of benzene rings is 1. The maximum Gasteiger partial charge on any atom is 0.240 e. The molecule has 1 N–H and O–H groups in total. The van der Waals surface area contributed by atoms with Gasteiger partial charge in [0.05, 0.1) is 18.8 Å². The van der Waals surface area contributed by atoms with E-state index in [-0.39, 0.29) is 11.9 Å². The predicted molar refractivity (Wildman–Crippen MR) is 101 cm³/mol. The standard InChI is InChI=1S/C20H28N4O/c1-14-7-8-19-18(10-14)6-5-9-23(19)20(25)12-21-16(3)13-24-17(4)11-15(2)22-24/h7-8,10-11,16,21H,5-6,9,12-13H2,1-4H3/t16-/m1/s1. The molecule has 134 valence electrons. The zero-order valence-electron chi connectivity index (χ0n) is 15.7. The Hall–Kier alpha value is -2.14. The summed E-state index contributed by atoms with van der Waals surface area (Å²) in [7, 11) is 0. The molecule has 5 nitrogen and oxygen atoms in total. The summed E-state index contributed by atoms with van der Waals surface area (Å²) in [5, 5.41) is 7.84. The van der Waals surface area contributed by atoms with Crippen LogP contribution in [-0.4, -0.2) is 34.8 Å². The van der Waals surface area contributed by atoms with Gasteiger partial charge in [0.2, 0.25) is 5.91 Å². The van der Waals surface area contributed by atoms with Crippen LogP contribution in [0.3, 0.4) is 0 Å². The van der Waals surface area contributed by atoms with E-state index in [1.54, 1.807) is 0 Å². The van der Waals surface area contributed by atoms with Gasteiger partial charge in [0.1, 0.15) is 0 Å². The minimum atomic E-state index is 0.144. The first kappa shape index (κ1) is 17.7. The third kappa shape index (κ3) is 4.10. The average Bonchev–Trinajstić information content (AvgIpc) is 2.89. The largest absolute Gasteiger partial charge is 0.311 e. The minimum Gasteiger partial charge on any atom is -0.311 e. The minimum absolute atomic E-state index is 0.144. The van der Waals surface area contributed by atoms with Gasteiger partial charge < -0.3 is 10.2 Å². The van der Waals surface area contributed by atoms with Gasteiger partial charge in [-0.05, 0) is 58.2 Å². The van der Waals surface area contributed by atoms with Crippen LogP contribution in [0.1, 0.15) is 35.9 Å². The van der Waals surface area contributed by atoms with Gasteiger partial charge in [0, 0.05) is 24.0 Å². The fraction of sp³-hybridized carbons (Fsp3) is 0.500. The quantitative estimate of drug-likeness (QED) is 0.910. The van der Waals surface area contributed by atoms with Crippen molar-refractivity contribution >= 4 is 11.6 Å². The van der Waals surface area contributed by atoms with E-state index >= 15 is 0 Å². The second kappa shape index (κ2) is 7.40. The van der Waals surface area contributed by atoms with Crippen molar-refractivity contribution in [1.82, 2.24) is 15.1 Å². The molecular formula is C20H28N4O. The van der Waals surface area contributed by atoms with E-state index in [9.17, 15) is 4.79 Å². The lowest BCUT2D eigenvalue weighted by Gasteiger charge is -2.30. The van der Waals surface area contributed by atoms with Crippen molar-refractivity contribution in [3.05, 3.63) is 46.8 Å². The molecule has 0 fully saturated rings. The van der Waals surface area contributed by atoms with Crippen LogP contribution in [0.5, 0.6) is 0 Å². The van der Waals surface area contributed by atoms with Crippen LogP contribution in [0.25, 0.3) is 0 Å². The molecule has 1 aromatic heterocycles. The first-order chi connectivity index (χ1) is 11.9. The molecule has 0 spiro atoms. The summed E-state index contributed by atoms with van der Waals surface area (Å²) < 4.78 is 2.00. The monoisotopic (exact) mass is 340 g/mol. The molecule has 1 amide bonds. The Kier molecular flexibility index (Phi) is 5.23. The number of carbonyl (C=O) groups is 1. The Morgan fingerprint density at radius 2 is 2.08 bits per heavy atom. The van der Waals surface area contributed by atoms with Crippen LogP contribution in [0, 0.1) is 20.8 Å². The summed E-state index contributed by atoms with van der Waals surface area (Å²) in [4.78, 5) is 14.6. The summed E-state index contributed by atoms with van der Waals surface area (Å²) in [5.74, 6) is 0.144. The molecule has 25 heavy (non-hydrogen) atoms. The topological polar surface area (TPSA) is 50.2 Å². The lowest BCUT2D eigenvalue weighted by atomic mass is 9.99. The smallest absolute Gasteiger partial charge is 0.240 e. The van der Waals surface area contributed by atoms with Gasteiger partial charge >= 0.3 is 0 Å². The Morgan fingerprint density at radius 3 is 2.80 bits per heavy atom. The number of hydrogen-bond acceptors (Lipinski definition) is 3. The highest BCUT2D eigenvalue weighted by Crippen LogP contribution is 2.27. The molecule has 2 heterocycles. The molecule has 0 aliphatic carbocycles. The van der Waals surface area contributed by atoms with Gasteiger partial charge in [-0.1, -0.05) is 17.7 Å². The molecule has 1 aliphatic heterocycles. The number of rotatable bonds is 5. The fourth-order valence-electron chi connectivity index (χ4n) is 3.53. The molecule has 2 aromatic rings. The molecular weight excluding hydrogens is 312 g/mol. The molecule has 0 saturated heterocycles. The third-order valence-corrected chi connectivity index (χ3v) is 4.81. The van der Waals surface area contributed by atoms with Crippen LogP contribution in [0.2, 0.25) is 0 Å². The molecule has 0 saturated carbocycles. The van der Waals surface area contributed by atoms with E-state index in [2.05, 4.69) is 55.5 Å². The van der Waals surface area contributed by atoms with Crippen LogP contribution in [0.15, 0.2) is 24.3 Å². The molecule has 0 unspecified atom stereocenters. The molecule has 1 atom stereocenters. The summed E-state index contributed by atoms with van der Waals surface area (Å²) in [6.07, 6.45) is 2.09. The van der Waals surface area contributed by atoms with E-state index in [4.69, 9.17) is 0 Å². The van der Waals surface area contributed by atoms with Crippen LogP contribution >= 0.6 is 0 Å². The maximum absolute atomic E-state index is 12.7. The number of fused-ring (bicyclic) bond motifs is 1. The molecule has 0 radical (unpaired) electrons. The summed E-state index contributed by atoms with van der Waals surface area (Å²) >= 11 is 0. The van der Waals surface area contributed by atoms with Crippen molar-refractivity contribution in [2.75, 3.05) is 18.0 Å². The number of nitrogens with one attached hydrogen (secondary N) is 1. The highest BCUT2D eigenvalue weighted by atomic mass is 16.2. The zero-order chi connectivity index (χ0) is 18.0. The first-order valence-corrected chi connectivity index (χ1v) is 9.08. The molecule has 1 aromatic carbocycles. The second-order valence-electron chi connectivity index (χ2n) is 7.17. The van der Waals surface area contributed by atoms with Crippen molar-refractivity contribution in [1.29, 1.82) is 0 Å². The van der Waals surface area contributed by atoms with Crippen LogP contribution < -0.4 is 10.2 Å². The van der Waals surface area contributed by atoms with E-state index in [1.807, 2.05) is 16.5 Å². The Morgan fingerprint density at radius 1 is 1.28 bits per heavy atom. The first-order valence-electron chi connectivity index (χ1n) is 9.08. The van der Waals surface area contributed by atoms with Crippen LogP contribution in [0.4, 0.5) is 5.69 Å². The van der Waals surface area contributed by atoms with Gasteiger partial charge in [-0.25, -0.2) is 0 Å². The molecule has 0 bridgehead atoms. The van der Waals surface area contributed by atoms with E-state index in [0.717, 1.165) is 43.0 Å². The zero-order valence-corrected chi connectivity index (χ0v) is 15.7.